The summed E-state index contributed by atoms with van der Waals surface area (Å²) in [6.45, 7) is 0. The molecule has 102 valence electrons. The number of carbonyl (C=O) groups is 1. The van der Waals surface area contributed by atoms with E-state index in [2.05, 4.69) is 24.3 Å². The molecule has 0 fully saturated rings. The summed E-state index contributed by atoms with van der Waals surface area (Å²) in [5.74, 6) is 0. The fourth-order valence-corrected chi connectivity index (χ4v) is 2.28. The molecule has 2 heteroatoms. The number of benzene rings is 3. The van der Waals surface area contributed by atoms with Crippen LogP contribution >= 0.6 is 0 Å². The van der Waals surface area contributed by atoms with Gasteiger partial charge in [-0.2, -0.15) is 0 Å². The van der Waals surface area contributed by atoms with Crippen LogP contribution in [0, 0.1) is 0 Å². The van der Waals surface area contributed by atoms with Crippen LogP contribution in [0.1, 0.15) is 10.4 Å². The maximum absolute atomic E-state index is 10.7. The molecule has 3 aromatic carbocycles. The number of aldehydes is 1. The summed E-state index contributed by atoms with van der Waals surface area (Å²) in [6.07, 6.45) is 0.855. The van der Waals surface area contributed by atoms with E-state index in [1.807, 2.05) is 48.5 Å². The van der Waals surface area contributed by atoms with E-state index in [1.165, 1.54) is 0 Å². The smallest absolute Gasteiger partial charge is 0.150 e. The first-order valence-electron chi connectivity index (χ1n) is 6.78. The van der Waals surface area contributed by atoms with Crippen molar-refractivity contribution in [3.8, 4) is 22.3 Å². The van der Waals surface area contributed by atoms with Gasteiger partial charge in [0.2, 0.25) is 0 Å². The molecule has 0 radical (unpaired) electrons. The number of carbonyl (C=O) groups excluding carboxylic acids is 1. The van der Waals surface area contributed by atoms with Crippen LogP contribution in [0.15, 0.2) is 72.8 Å². The first-order chi connectivity index (χ1) is 10.3. The fraction of sp³-hybridized carbons (Fsp3) is 0. The normalized spacial score (nSPS) is 10.3. The molecule has 0 amide bonds. The van der Waals surface area contributed by atoms with Crippen LogP contribution in [0.3, 0.4) is 0 Å². The van der Waals surface area contributed by atoms with Gasteiger partial charge in [0.25, 0.3) is 0 Å². The van der Waals surface area contributed by atoms with Crippen molar-refractivity contribution in [1.82, 2.24) is 0 Å². The molecular formula is C19H15NO. The van der Waals surface area contributed by atoms with E-state index in [1.54, 1.807) is 0 Å². The zero-order valence-electron chi connectivity index (χ0n) is 11.5. The molecule has 2 nitrogen and oxygen atoms in total. The zero-order valence-corrected chi connectivity index (χ0v) is 11.5. The Hall–Kier alpha value is -2.87. The third-order valence-electron chi connectivity index (χ3n) is 3.51. The Kier molecular flexibility index (Phi) is 3.52. The lowest BCUT2D eigenvalue weighted by molar-refractivity contribution is 0.112. The van der Waals surface area contributed by atoms with E-state index < -0.39 is 0 Å². The molecule has 0 bridgehead atoms. The molecule has 0 aliphatic rings. The number of anilines is 1. The standard InChI is InChI=1S/C19H15NO/c20-19-11-9-18(10-12-19)17-7-5-16(6-8-17)15-3-1-14(13-21)2-4-15/h1-13H,20H2. The van der Waals surface area contributed by atoms with E-state index >= 15 is 0 Å². The summed E-state index contributed by atoms with van der Waals surface area (Å²) < 4.78 is 0. The minimum atomic E-state index is 0.692. The lowest BCUT2D eigenvalue weighted by atomic mass is 9.99. The topological polar surface area (TPSA) is 43.1 Å². The van der Waals surface area contributed by atoms with Crippen molar-refractivity contribution in [2.75, 3.05) is 5.73 Å². The van der Waals surface area contributed by atoms with Gasteiger partial charge >= 0.3 is 0 Å². The first kappa shape index (κ1) is 13.1. The van der Waals surface area contributed by atoms with Gasteiger partial charge in [0.1, 0.15) is 6.29 Å². The van der Waals surface area contributed by atoms with Crippen molar-refractivity contribution in [3.05, 3.63) is 78.4 Å². The molecule has 0 aliphatic carbocycles. The van der Waals surface area contributed by atoms with Gasteiger partial charge in [-0.3, -0.25) is 4.79 Å². The zero-order chi connectivity index (χ0) is 14.7. The highest BCUT2D eigenvalue weighted by atomic mass is 16.1. The largest absolute Gasteiger partial charge is 0.399 e. The van der Waals surface area contributed by atoms with Gasteiger partial charge in [0.05, 0.1) is 0 Å². The molecule has 3 aromatic rings. The quantitative estimate of drug-likeness (QED) is 0.567. The van der Waals surface area contributed by atoms with Crippen molar-refractivity contribution in [1.29, 1.82) is 0 Å². The Morgan fingerprint density at radius 2 is 0.905 bits per heavy atom. The monoisotopic (exact) mass is 273 g/mol. The minimum absolute atomic E-state index is 0.692. The van der Waals surface area contributed by atoms with Gasteiger partial charge in [-0.05, 0) is 34.4 Å². The second kappa shape index (κ2) is 5.63. The third kappa shape index (κ3) is 2.84. The van der Waals surface area contributed by atoms with Crippen LogP contribution in [-0.2, 0) is 0 Å². The summed E-state index contributed by atoms with van der Waals surface area (Å²) in [5, 5.41) is 0. The molecule has 0 aromatic heterocycles. The Bertz CT molecular complexity index is 741. The lowest BCUT2D eigenvalue weighted by Crippen LogP contribution is -1.85. The van der Waals surface area contributed by atoms with Gasteiger partial charge in [0.15, 0.2) is 0 Å². The molecular weight excluding hydrogens is 258 g/mol. The summed E-state index contributed by atoms with van der Waals surface area (Å²) in [7, 11) is 0. The van der Waals surface area contributed by atoms with Gasteiger partial charge < -0.3 is 5.73 Å². The predicted octanol–water partition coefficient (Wildman–Crippen LogP) is 4.42. The van der Waals surface area contributed by atoms with Crippen LogP contribution in [0.25, 0.3) is 22.3 Å². The van der Waals surface area contributed by atoms with Gasteiger partial charge in [-0.1, -0.05) is 60.7 Å². The lowest BCUT2D eigenvalue weighted by Gasteiger charge is -2.05. The number of hydrogen-bond donors (Lipinski definition) is 1. The van der Waals surface area contributed by atoms with Crippen LogP contribution in [-0.4, -0.2) is 6.29 Å². The first-order valence-corrected chi connectivity index (χ1v) is 6.78. The summed E-state index contributed by atoms with van der Waals surface area (Å²) in [5.41, 5.74) is 11.7. The number of rotatable bonds is 3. The Balaban J connectivity index is 1.89. The van der Waals surface area contributed by atoms with E-state index in [0.717, 1.165) is 34.2 Å². The molecule has 0 unspecified atom stereocenters. The molecule has 0 saturated carbocycles. The molecule has 0 aliphatic heterocycles. The summed E-state index contributed by atoms with van der Waals surface area (Å²) in [4.78, 5) is 10.7. The maximum atomic E-state index is 10.7. The van der Waals surface area contributed by atoms with E-state index in [0.29, 0.717) is 5.56 Å². The van der Waals surface area contributed by atoms with E-state index in [9.17, 15) is 4.79 Å². The minimum Gasteiger partial charge on any atom is -0.399 e. The van der Waals surface area contributed by atoms with Gasteiger partial charge in [0, 0.05) is 11.3 Å². The van der Waals surface area contributed by atoms with Crippen molar-refractivity contribution in [3.63, 3.8) is 0 Å². The van der Waals surface area contributed by atoms with Crippen molar-refractivity contribution >= 4 is 12.0 Å². The third-order valence-corrected chi connectivity index (χ3v) is 3.51. The van der Waals surface area contributed by atoms with Crippen LogP contribution in [0.4, 0.5) is 5.69 Å². The Morgan fingerprint density at radius 1 is 0.571 bits per heavy atom. The molecule has 2 N–H and O–H groups in total. The van der Waals surface area contributed by atoms with Crippen molar-refractivity contribution < 1.29 is 4.79 Å². The van der Waals surface area contributed by atoms with E-state index in [4.69, 9.17) is 5.73 Å². The molecule has 0 atom stereocenters. The number of nitrogen functional groups attached to an aromatic ring is 1. The molecule has 21 heavy (non-hydrogen) atoms. The fourth-order valence-electron chi connectivity index (χ4n) is 2.28. The van der Waals surface area contributed by atoms with Crippen molar-refractivity contribution in [2.45, 2.75) is 0 Å². The van der Waals surface area contributed by atoms with Crippen LogP contribution < -0.4 is 5.73 Å². The number of nitrogens with two attached hydrogens (primary N) is 1. The second-order valence-corrected chi connectivity index (χ2v) is 4.94. The molecule has 0 heterocycles. The van der Waals surface area contributed by atoms with Crippen molar-refractivity contribution in [2.24, 2.45) is 0 Å². The maximum Gasteiger partial charge on any atom is 0.150 e. The Morgan fingerprint density at radius 3 is 1.29 bits per heavy atom. The Labute approximate surface area is 123 Å². The highest BCUT2D eigenvalue weighted by Gasteiger charge is 2.00. The predicted molar refractivity (Wildman–Crippen MR) is 87.1 cm³/mol. The number of hydrogen-bond acceptors (Lipinski definition) is 2. The molecule has 0 saturated heterocycles. The SMILES string of the molecule is Nc1ccc(-c2ccc(-c3ccc(C=O)cc3)cc2)cc1. The second-order valence-electron chi connectivity index (χ2n) is 4.94. The summed E-state index contributed by atoms with van der Waals surface area (Å²) in [6, 6.07) is 23.8. The molecule has 3 rings (SSSR count). The summed E-state index contributed by atoms with van der Waals surface area (Å²) >= 11 is 0. The highest BCUT2D eigenvalue weighted by Crippen LogP contribution is 2.25. The highest BCUT2D eigenvalue weighted by molar-refractivity contribution is 5.77. The van der Waals surface area contributed by atoms with Gasteiger partial charge in [-0.15, -0.1) is 0 Å². The van der Waals surface area contributed by atoms with Crippen LogP contribution in [0.5, 0.6) is 0 Å². The van der Waals surface area contributed by atoms with Crippen LogP contribution in [0.2, 0.25) is 0 Å². The average molecular weight is 273 g/mol. The molecule has 0 spiro atoms. The average Bonchev–Trinajstić information content (AvgIpc) is 2.56. The van der Waals surface area contributed by atoms with E-state index in [-0.39, 0.29) is 0 Å². The van der Waals surface area contributed by atoms with Gasteiger partial charge in [-0.25, -0.2) is 0 Å².